The highest BCUT2D eigenvalue weighted by molar-refractivity contribution is 6.06. The molecule has 0 saturated carbocycles. The summed E-state index contributed by atoms with van der Waals surface area (Å²) in [5.74, 6) is 0.171. The summed E-state index contributed by atoms with van der Waals surface area (Å²) in [5, 5.41) is 22.5. The second-order valence-electron chi connectivity index (χ2n) is 5.84. The largest absolute Gasteiger partial charge is 0.457 e. The molecule has 1 N–H and O–H groups in total. The molecule has 138 valence electrons. The van der Waals surface area contributed by atoms with Gasteiger partial charge in [-0.2, -0.15) is 5.26 Å². The molecule has 0 saturated heterocycles. The van der Waals surface area contributed by atoms with Crippen LogP contribution in [0.2, 0.25) is 0 Å². The Labute approximate surface area is 161 Å². The Hall–Kier alpha value is -4.18. The van der Waals surface area contributed by atoms with Crippen molar-refractivity contribution in [1.29, 1.82) is 5.26 Å². The van der Waals surface area contributed by atoms with Crippen LogP contribution in [0.25, 0.3) is 0 Å². The van der Waals surface area contributed by atoms with Crippen LogP contribution in [-0.4, -0.2) is 10.8 Å². The van der Waals surface area contributed by atoms with Gasteiger partial charge in [-0.1, -0.05) is 30.3 Å². The van der Waals surface area contributed by atoms with E-state index >= 15 is 0 Å². The minimum absolute atomic E-state index is 0.0409. The van der Waals surface area contributed by atoms with E-state index in [1.54, 1.807) is 48.5 Å². The van der Waals surface area contributed by atoms with Gasteiger partial charge >= 0.3 is 0 Å². The second-order valence-corrected chi connectivity index (χ2v) is 5.84. The predicted molar refractivity (Wildman–Crippen MR) is 103 cm³/mol. The second kappa shape index (κ2) is 8.47. The highest BCUT2D eigenvalue weighted by Gasteiger charge is 2.19. The molecule has 28 heavy (non-hydrogen) atoms. The molecule has 3 rings (SSSR count). The first-order valence-corrected chi connectivity index (χ1v) is 8.35. The third-order valence-electron chi connectivity index (χ3n) is 3.88. The Balaban J connectivity index is 1.88. The summed E-state index contributed by atoms with van der Waals surface area (Å²) in [6.07, 6.45) is 0.272. The van der Waals surface area contributed by atoms with Crippen LogP contribution in [0.3, 0.4) is 0 Å². The number of carbonyl (C=O) groups is 1. The Bertz CT molecular complexity index is 1040. The van der Waals surface area contributed by atoms with E-state index in [9.17, 15) is 14.9 Å². The van der Waals surface area contributed by atoms with Gasteiger partial charge in [-0.15, -0.1) is 0 Å². The van der Waals surface area contributed by atoms with Crippen LogP contribution in [0, 0.1) is 21.4 Å². The maximum Gasteiger partial charge on any atom is 0.270 e. The molecule has 0 bridgehead atoms. The van der Waals surface area contributed by atoms with Gasteiger partial charge in [0.25, 0.3) is 11.6 Å². The number of carbonyl (C=O) groups excluding carboxylic acids is 1. The number of hydrogen-bond donors (Lipinski definition) is 1. The minimum Gasteiger partial charge on any atom is -0.457 e. The molecular weight excluding hydrogens is 358 g/mol. The van der Waals surface area contributed by atoms with E-state index < -0.39 is 10.8 Å². The van der Waals surface area contributed by atoms with Gasteiger partial charge in [0, 0.05) is 17.8 Å². The van der Waals surface area contributed by atoms with Crippen LogP contribution in [0.5, 0.6) is 11.5 Å². The zero-order chi connectivity index (χ0) is 19.9. The highest BCUT2D eigenvalue weighted by atomic mass is 16.6. The molecule has 0 spiro atoms. The van der Waals surface area contributed by atoms with E-state index in [1.807, 2.05) is 12.1 Å². The number of nitrogens with one attached hydrogen (secondary N) is 1. The van der Waals surface area contributed by atoms with Crippen molar-refractivity contribution in [3.8, 4) is 17.6 Å². The normalized spacial score (nSPS) is 9.96. The van der Waals surface area contributed by atoms with E-state index in [2.05, 4.69) is 5.32 Å². The third-order valence-corrected chi connectivity index (χ3v) is 3.88. The van der Waals surface area contributed by atoms with Crippen molar-refractivity contribution in [2.45, 2.75) is 6.42 Å². The van der Waals surface area contributed by atoms with E-state index in [-0.39, 0.29) is 23.4 Å². The minimum atomic E-state index is -0.570. The fourth-order valence-corrected chi connectivity index (χ4v) is 2.51. The zero-order valence-electron chi connectivity index (χ0n) is 14.7. The quantitative estimate of drug-likeness (QED) is 0.498. The van der Waals surface area contributed by atoms with Crippen molar-refractivity contribution in [2.75, 3.05) is 5.32 Å². The fourth-order valence-electron chi connectivity index (χ4n) is 2.51. The molecule has 7 nitrogen and oxygen atoms in total. The van der Waals surface area contributed by atoms with Crippen molar-refractivity contribution in [3.63, 3.8) is 0 Å². The maximum atomic E-state index is 12.7. The first-order valence-electron chi connectivity index (χ1n) is 8.35. The molecule has 0 aromatic heterocycles. The number of benzene rings is 3. The van der Waals surface area contributed by atoms with Crippen molar-refractivity contribution in [1.82, 2.24) is 0 Å². The van der Waals surface area contributed by atoms with Crippen LogP contribution < -0.4 is 10.1 Å². The average Bonchev–Trinajstić information content (AvgIpc) is 2.70. The molecule has 0 atom stereocenters. The van der Waals surface area contributed by atoms with E-state index in [0.717, 1.165) is 5.56 Å². The summed E-state index contributed by atoms with van der Waals surface area (Å²) in [4.78, 5) is 23.3. The number of para-hydroxylation sites is 1. The molecule has 1 amide bonds. The SMILES string of the molecule is N#CCc1ccc(NC(=O)c2cc([N+](=O)[O-])ccc2Oc2ccccc2)cc1. The molecule has 0 fully saturated rings. The predicted octanol–water partition coefficient (Wildman–Crippen LogP) is 4.71. The lowest BCUT2D eigenvalue weighted by Crippen LogP contribution is -2.13. The molecule has 3 aromatic carbocycles. The van der Waals surface area contributed by atoms with E-state index in [1.165, 1.54) is 18.2 Å². The molecular formula is C21H15N3O4. The Morgan fingerprint density at radius 1 is 1.07 bits per heavy atom. The summed E-state index contributed by atoms with van der Waals surface area (Å²) in [6.45, 7) is 0. The highest BCUT2D eigenvalue weighted by Crippen LogP contribution is 2.29. The summed E-state index contributed by atoms with van der Waals surface area (Å²) in [7, 11) is 0. The molecule has 0 aliphatic rings. The van der Waals surface area contributed by atoms with Crippen molar-refractivity contribution in [2.24, 2.45) is 0 Å². The fraction of sp³-hybridized carbons (Fsp3) is 0.0476. The number of nitro benzene ring substituents is 1. The third kappa shape index (κ3) is 4.51. The number of non-ortho nitro benzene ring substituents is 1. The number of amides is 1. The van der Waals surface area contributed by atoms with Crippen LogP contribution in [0.15, 0.2) is 72.8 Å². The summed E-state index contributed by atoms with van der Waals surface area (Å²) in [5.41, 5.74) is 1.15. The lowest BCUT2D eigenvalue weighted by atomic mass is 10.1. The maximum absolute atomic E-state index is 12.7. The zero-order valence-corrected chi connectivity index (χ0v) is 14.7. The number of nitro groups is 1. The number of hydrogen-bond acceptors (Lipinski definition) is 5. The number of rotatable bonds is 6. The number of anilines is 1. The van der Waals surface area contributed by atoms with Crippen LogP contribution >= 0.6 is 0 Å². The van der Waals surface area contributed by atoms with Crippen LogP contribution in [-0.2, 0) is 6.42 Å². The molecule has 3 aromatic rings. The lowest BCUT2D eigenvalue weighted by Gasteiger charge is -2.12. The monoisotopic (exact) mass is 373 g/mol. The number of nitrogens with zero attached hydrogens (tertiary/aromatic N) is 2. The van der Waals surface area contributed by atoms with Gasteiger partial charge in [0.05, 0.1) is 23.0 Å². The van der Waals surface area contributed by atoms with E-state index in [0.29, 0.717) is 11.4 Å². The molecule has 0 unspecified atom stereocenters. The van der Waals surface area contributed by atoms with Gasteiger partial charge in [-0.25, -0.2) is 0 Å². The first kappa shape index (κ1) is 18.6. The van der Waals surface area contributed by atoms with Gasteiger partial charge in [0.2, 0.25) is 0 Å². The first-order chi connectivity index (χ1) is 13.6. The van der Waals surface area contributed by atoms with Gasteiger partial charge < -0.3 is 10.1 Å². The number of nitriles is 1. The summed E-state index contributed by atoms with van der Waals surface area (Å²) >= 11 is 0. The molecule has 0 aliphatic carbocycles. The van der Waals surface area contributed by atoms with Gasteiger partial charge in [0.1, 0.15) is 11.5 Å². The summed E-state index contributed by atoms with van der Waals surface area (Å²) in [6, 6.07) is 21.5. The van der Waals surface area contributed by atoms with Crippen molar-refractivity contribution in [3.05, 3.63) is 94.0 Å². The van der Waals surface area contributed by atoms with Crippen LogP contribution in [0.4, 0.5) is 11.4 Å². The molecule has 7 heteroatoms. The lowest BCUT2D eigenvalue weighted by molar-refractivity contribution is -0.384. The standard InChI is InChI=1S/C21H15N3O4/c22-13-12-15-6-8-16(9-7-15)23-21(25)19-14-17(24(26)27)10-11-20(19)28-18-4-2-1-3-5-18/h1-11,14H,12H2,(H,23,25). The topological polar surface area (TPSA) is 105 Å². The smallest absolute Gasteiger partial charge is 0.270 e. The van der Waals surface area contributed by atoms with Gasteiger partial charge in [0.15, 0.2) is 0 Å². The average molecular weight is 373 g/mol. The molecule has 0 heterocycles. The Kier molecular flexibility index (Phi) is 5.63. The molecule has 0 aliphatic heterocycles. The van der Waals surface area contributed by atoms with Crippen molar-refractivity contribution >= 4 is 17.3 Å². The van der Waals surface area contributed by atoms with Crippen LogP contribution in [0.1, 0.15) is 15.9 Å². The Morgan fingerprint density at radius 2 is 1.79 bits per heavy atom. The van der Waals surface area contributed by atoms with Gasteiger partial charge in [-0.05, 0) is 35.9 Å². The molecule has 0 radical (unpaired) electrons. The Morgan fingerprint density at radius 3 is 2.43 bits per heavy atom. The number of ether oxygens (including phenoxy) is 1. The van der Waals surface area contributed by atoms with Crippen molar-refractivity contribution < 1.29 is 14.5 Å². The van der Waals surface area contributed by atoms with E-state index in [4.69, 9.17) is 10.00 Å². The van der Waals surface area contributed by atoms with Gasteiger partial charge in [-0.3, -0.25) is 14.9 Å². The summed E-state index contributed by atoms with van der Waals surface area (Å²) < 4.78 is 5.73.